The summed E-state index contributed by atoms with van der Waals surface area (Å²) in [5.41, 5.74) is 2.59. The quantitative estimate of drug-likeness (QED) is 0.0692. The van der Waals surface area contributed by atoms with Crippen molar-refractivity contribution in [2.45, 2.75) is 213 Å². The lowest BCUT2D eigenvalue weighted by Gasteiger charge is -2.27. The van der Waals surface area contributed by atoms with Gasteiger partial charge in [0.05, 0.1) is 5.69 Å². The molecule has 0 heterocycles. The molecule has 1 aromatic rings. The molecule has 0 saturated carbocycles. The summed E-state index contributed by atoms with van der Waals surface area (Å²) in [7, 11) is 0. The third-order valence-electron chi connectivity index (χ3n) is 9.79. The maximum absolute atomic E-state index is 3.99. The Hall–Kier alpha value is -0.220. The highest BCUT2D eigenvalue weighted by molar-refractivity contribution is 9.11. The zero-order valence-electron chi connectivity index (χ0n) is 31.2. The molecular formula is C42H78Br2N2. The molecule has 1 rings (SSSR count). The fourth-order valence-electron chi connectivity index (χ4n) is 6.68. The summed E-state index contributed by atoms with van der Waals surface area (Å²) in [4.78, 5) is 2.68. The molecule has 4 heteroatoms. The number of anilines is 2. The highest BCUT2D eigenvalue weighted by atomic mass is 79.9. The van der Waals surface area contributed by atoms with Gasteiger partial charge in [-0.3, -0.25) is 0 Å². The van der Waals surface area contributed by atoms with E-state index < -0.39 is 0 Å². The van der Waals surface area contributed by atoms with Crippen LogP contribution in [0.1, 0.15) is 213 Å². The standard InChI is InChI=1S/C42H78Br2N2/c1-4-7-10-13-16-19-22-25-28-31-34-45-41-37-40(44)42(38-39(41)43)46(35-32-29-26-23-20-17-14-11-8-5-2)36-33-30-27-24-21-18-15-12-9-6-3/h37-38,45H,4-36H2,1-3H3. The lowest BCUT2D eigenvalue weighted by atomic mass is 10.1. The first-order valence-corrected chi connectivity index (χ1v) is 22.2. The van der Waals surface area contributed by atoms with Crippen molar-refractivity contribution in [1.82, 2.24) is 0 Å². The molecule has 0 bridgehead atoms. The fourth-order valence-corrected chi connectivity index (χ4v) is 7.75. The topological polar surface area (TPSA) is 15.3 Å². The Morgan fingerprint density at radius 3 is 1.11 bits per heavy atom. The molecule has 0 aliphatic heterocycles. The summed E-state index contributed by atoms with van der Waals surface area (Å²) < 4.78 is 2.44. The number of hydrogen-bond donors (Lipinski definition) is 1. The summed E-state index contributed by atoms with van der Waals surface area (Å²) in [6.45, 7) is 10.3. The average molecular weight is 771 g/mol. The zero-order valence-corrected chi connectivity index (χ0v) is 34.4. The van der Waals surface area contributed by atoms with E-state index in [4.69, 9.17) is 0 Å². The van der Waals surface area contributed by atoms with Crippen molar-refractivity contribution in [3.8, 4) is 0 Å². The first-order valence-electron chi connectivity index (χ1n) is 20.6. The summed E-state index contributed by atoms with van der Waals surface area (Å²) in [6, 6.07) is 4.69. The van der Waals surface area contributed by atoms with Crippen LogP contribution in [0.2, 0.25) is 0 Å². The van der Waals surface area contributed by atoms with Gasteiger partial charge in [0.2, 0.25) is 0 Å². The van der Waals surface area contributed by atoms with Crippen molar-refractivity contribution in [3.63, 3.8) is 0 Å². The van der Waals surface area contributed by atoms with Crippen LogP contribution in [0.25, 0.3) is 0 Å². The van der Waals surface area contributed by atoms with Crippen molar-refractivity contribution in [2.75, 3.05) is 29.9 Å². The van der Waals surface area contributed by atoms with Crippen LogP contribution in [0, 0.1) is 0 Å². The van der Waals surface area contributed by atoms with E-state index in [9.17, 15) is 0 Å². The Morgan fingerprint density at radius 2 is 0.739 bits per heavy atom. The van der Waals surface area contributed by atoms with Gasteiger partial charge in [0.1, 0.15) is 0 Å². The lowest BCUT2D eigenvalue weighted by molar-refractivity contribution is 0.543. The van der Waals surface area contributed by atoms with E-state index in [1.165, 1.54) is 226 Å². The van der Waals surface area contributed by atoms with Crippen LogP contribution >= 0.6 is 31.9 Å². The molecule has 0 unspecified atom stereocenters. The van der Waals surface area contributed by atoms with Crippen LogP contribution < -0.4 is 10.2 Å². The second kappa shape index (κ2) is 33.3. The molecule has 0 amide bonds. The number of nitrogens with one attached hydrogen (secondary N) is 1. The van der Waals surface area contributed by atoms with Gasteiger partial charge >= 0.3 is 0 Å². The van der Waals surface area contributed by atoms with Gasteiger partial charge in [-0.2, -0.15) is 0 Å². The molecule has 0 aromatic heterocycles. The highest BCUT2D eigenvalue weighted by Crippen LogP contribution is 2.36. The predicted molar refractivity (Wildman–Crippen MR) is 218 cm³/mol. The molecule has 0 aliphatic rings. The van der Waals surface area contributed by atoms with Crippen molar-refractivity contribution in [3.05, 3.63) is 21.1 Å². The minimum Gasteiger partial charge on any atom is -0.384 e. The number of halogens is 2. The van der Waals surface area contributed by atoms with Crippen LogP contribution in [0.4, 0.5) is 11.4 Å². The normalized spacial score (nSPS) is 11.4. The monoisotopic (exact) mass is 768 g/mol. The minimum atomic E-state index is 1.06. The van der Waals surface area contributed by atoms with Crippen LogP contribution in [0.3, 0.4) is 0 Å². The van der Waals surface area contributed by atoms with Gasteiger partial charge in [-0.05, 0) is 63.3 Å². The maximum Gasteiger partial charge on any atom is 0.0523 e. The van der Waals surface area contributed by atoms with Crippen LogP contribution in [-0.2, 0) is 0 Å². The van der Waals surface area contributed by atoms with Crippen LogP contribution in [0.15, 0.2) is 21.1 Å². The fraction of sp³-hybridized carbons (Fsp3) is 0.857. The highest BCUT2D eigenvalue weighted by Gasteiger charge is 2.14. The third kappa shape index (κ3) is 24.9. The maximum atomic E-state index is 3.99. The molecule has 0 aliphatic carbocycles. The molecule has 2 nitrogen and oxygen atoms in total. The predicted octanol–water partition coefficient (Wildman–Crippen LogP) is 16.2. The Labute approximate surface area is 306 Å². The van der Waals surface area contributed by atoms with Gasteiger partial charge < -0.3 is 10.2 Å². The van der Waals surface area contributed by atoms with Gasteiger partial charge in [0, 0.05) is 34.3 Å². The van der Waals surface area contributed by atoms with Crippen molar-refractivity contribution >= 4 is 43.2 Å². The first kappa shape index (κ1) is 43.8. The molecule has 0 fully saturated rings. The van der Waals surface area contributed by atoms with Gasteiger partial charge in [-0.15, -0.1) is 0 Å². The number of unbranched alkanes of at least 4 members (excludes halogenated alkanes) is 27. The SMILES string of the molecule is CCCCCCCCCCCCNc1cc(Br)c(N(CCCCCCCCCCCC)CCCCCCCCCCCC)cc1Br. The van der Waals surface area contributed by atoms with E-state index in [1.807, 2.05) is 0 Å². The molecular weight excluding hydrogens is 692 g/mol. The number of benzene rings is 1. The van der Waals surface area contributed by atoms with Crippen molar-refractivity contribution in [2.24, 2.45) is 0 Å². The number of hydrogen-bond acceptors (Lipinski definition) is 2. The van der Waals surface area contributed by atoms with Crippen molar-refractivity contribution < 1.29 is 0 Å². The lowest BCUT2D eigenvalue weighted by Crippen LogP contribution is -2.26. The van der Waals surface area contributed by atoms with E-state index in [1.54, 1.807) is 0 Å². The van der Waals surface area contributed by atoms with E-state index in [0.717, 1.165) is 6.54 Å². The summed E-state index contributed by atoms with van der Waals surface area (Å²) in [5.74, 6) is 0. The molecule has 46 heavy (non-hydrogen) atoms. The Kier molecular flexibility index (Phi) is 31.7. The molecule has 1 N–H and O–H groups in total. The molecule has 0 spiro atoms. The molecule has 0 saturated heterocycles. The summed E-state index contributed by atoms with van der Waals surface area (Å²) in [6.07, 6.45) is 41.8. The number of rotatable bonds is 35. The van der Waals surface area contributed by atoms with Gasteiger partial charge in [-0.1, -0.05) is 194 Å². The summed E-state index contributed by atoms with van der Waals surface area (Å²) >= 11 is 7.92. The Balaban J connectivity index is 2.48. The molecule has 0 atom stereocenters. The van der Waals surface area contributed by atoms with Gasteiger partial charge in [0.25, 0.3) is 0 Å². The minimum absolute atomic E-state index is 1.06. The first-order chi connectivity index (χ1) is 22.6. The summed E-state index contributed by atoms with van der Waals surface area (Å²) in [5, 5.41) is 3.73. The molecule has 270 valence electrons. The Morgan fingerprint density at radius 1 is 0.413 bits per heavy atom. The largest absolute Gasteiger partial charge is 0.384 e. The molecule has 0 radical (unpaired) electrons. The average Bonchev–Trinajstić information content (AvgIpc) is 3.05. The van der Waals surface area contributed by atoms with E-state index >= 15 is 0 Å². The smallest absolute Gasteiger partial charge is 0.0523 e. The second-order valence-electron chi connectivity index (χ2n) is 14.2. The third-order valence-corrected chi connectivity index (χ3v) is 11.1. The molecule has 1 aromatic carbocycles. The van der Waals surface area contributed by atoms with Gasteiger partial charge in [0.15, 0.2) is 0 Å². The number of nitrogens with zero attached hydrogens (tertiary/aromatic N) is 1. The second-order valence-corrected chi connectivity index (χ2v) is 16.0. The van der Waals surface area contributed by atoms with Gasteiger partial charge in [-0.25, -0.2) is 0 Å². The van der Waals surface area contributed by atoms with E-state index in [0.29, 0.717) is 0 Å². The van der Waals surface area contributed by atoms with E-state index in [2.05, 4.69) is 75.0 Å². The van der Waals surface area contributed by atoms with Crippen LogP contribution in [-0.4, -0.2) is 19.6 Å². The van der Waals surface area contributed by atoms with E-state index in [-0.39, 0.29) is 0 Å². The van der Waals surface area contributed by atoms with Crippen LogP contribution in [0.5, 0.6) is 0 Å². The zero-order chi connectivity index (χ0) is 33.3. The Bertz CT molecular complexity index is 759. The van der Waals surface area contributed by atoms with Crippen molar-refractivity contribution in [1.29, 1.82) is 0 Å².